The fourth-order valence-corrected chi connectivity index (χ4v) is 2.96. The van der Waals surface area contributed by atoms with Gasteiger partial charge in [0.15, 0.2) is 0 Å². The number of ether oxygens (including phenoxy) is 1. The highest BCUT2D eigenvalue weighted by atomic mass is 35.5. The molecule has 0 aliphatic carbocycles. The summed E-state index contributed by atoms with van der Waals surface area (Å²) in [7, 11) is 0. The third-order valence-corrected chi connectivity index (χ3v) is 4.49. The van der Waals surface area contributed by atoms with Crippen molar-refractivity contribution < 1.29 is 9.53 Å². The van der Waals surface area contributed by atoms with Crippen LogP contribution in [0.4, 0.5) is 0 Å². The lowest BCUT2D eigenvalue weighted by atomic mass is 9.94. The van der Waals surface area contributed by atoms with Crippen molar-refractivity contribution in [3.05, 3.63) is 65.2 Å². The molecular weight excluding hydrogens is 336 g/mol. The van der Waals surface area contributed by atoms with Gasteiger partial charge in [0.05, 0.1) is 12.6 Å². The van der Waals surface area contributed by atoms with Gasteiger partial charge in [-0.05, 0) is 41.7 Å². The number of hydrogen-bond donors (Lipinski definition) is 2. The Balaban J connectivity index is 0.00000225. The number of rotatable bonds is 5. The molecule has 2 unspecified atom stereocenters. The predicted molar refractivity (Wildman–Crippen MR) is 102 cm³/mol. The maximum atomic E-state index is 12.4. The molecule has 1 aliphatic heterocycles. The van der Waals surface area contributed by atoms with Gasteiger partial charge in [-0.15, -0.1) is 12.4 Å². The van der Waals surface area contributed by atoms with E-state index >= 15 is 0 Å². The Kier molecular flexibility index (Phi) is 6.85. The zero-order chi connectivity index (χ0) is 16.9. The van der Waals surface area contributed by atoms with Crippen molar-refractivity contribution in [3.63, 3.8) is 0 Å². The number of aryl methyl sites for hydroxylation is 1. The van der Waals surface area contributed by atoms with Gasteiger partial charge in [0, 0.05) is 12.5 Å². The third-order valence-electron chi connectivity index (χ3n) is 4.49. The maximum absolute atomic E-state index is 12.4. The summed E-state index contributed by atoms with van der Waals surface area (Å²) in [6.07, 6.45) is 2.04. The molecule has 3 N–H and O–H groups in total. The van der Waals surface area contributed by atoms with Gasteiger partial charge in [0.1, 0.15) is 5.75 Å². The minimum atomic E-state index is -0.211. The lowest BCUT2D eigenvalue weighted by molar-refractivity contribution is -0.124. The van der Waals surface area contributed by atoms with Crippen molar-refractivity contribution >= 4 is 18.3 Å². The number of benzene rings is 2. The molecule has 5 heteroatoms. The standard InChI is InChI=1S/C20H24N2O2.ClH/c1-14(13-21)20(23)22-19(15-6-3-2-4-7-15)17-9-10-18-16(12-17)8-5-11-24-18;/h2-4,6-7,9-10,12,14,19H,5,8,11,13,21H2,1H3,(H,22,23);1H. The van der Waals surface area contributed by atoms with Gasteiger partial charge in [-0.2, -0.15) is 0 Å². The molecule has 0 saturated carbocycles. The quantitative estimate of drug-likeness (QED) is 0.860. The zero-order valence-electron chi connectivity index (χ0n) is 14.4. The lowest BCUT2D eigenvalue weighted by Gasteiger charge is -2.24. The summed E-state index contributed by atoms with van der Waals surface area (Å²) in [6.45, 7) is 2.96. The van der Waals surface area contributed by atoms with Crippen LogP contribution >= 0.6 is 12.4 Å². The molecule has 0 saturated heterocycles. The highest BCUT2D eigenvalue weighted by Crippen LogP contribution is 2.30. The van der Waals surface area contributed by atoms with Gasteiger partial charge in [0.25, 0.3) is 0 Å². The van der Waals surface area contributed by atoms with E-state index in [0.717, 1.165) is 36.3 Å². The van der Waals surface area contributed by atoms with Gasteiger partial charge < -0.3 is 15.8 Å². The van der Waals surface area contributed by atoms with Crippen LogP contribution in [0.15, 0.2) is 48.5 Å². The number of nitrogens with one attached hydrogen (secondary N) is 1. The minimum Gasteiger partial charge on any atom is -0.493 e. The van der Waals surface area contributed by atoms with Crippen molar-refractivity contribution in [2.75, 3.05) is 13.2 Å². The molecule has 134 valence electrons. The highest BCUT2D eigenvalue weighted by molar-refractivity contribution is 5.85. The summed E-state index contributed by atoms with van der Waals surface area (Å²) in [5, 5.41) is 3.15. The Bertz CT molecular complexity index is 706. The van der Waals surface area contributed by atoms with Crippen LogP contribution in [0, 0.1) is 5.92 Å². The van der Waals surface area contributed by atoms with Crippen LogP contribution in [-0.2, 0) is 11.2 Å². The summed E-state index contributed by atoms with van der Waals surface area (Å²) >= 11 is 0. The molecular formula is C20H25ClN2O2. The molecule has 2 aromatic rings. The Morgan fingerprint density at radius 3 is 2.68 bits per heavy atom. The number of carbonyl (C=O) groups excluding carboxylic acids is 1. The average molecular weight is 361 g/mol. The van der Waals surface area contributed by atoms with Crippen LogP contribution in [0.3, 0.4) is 0 Å². The Hall–Kier alpha value is -2.04. The normalized spacial score (nSPS) is 15.1. The van der Waals surface area contributed by atoms with Gasteiger partial charge in [0.2, 0.25) is 5.91 Å². The van der Waals surface area contributed by atoms with Crippen molar-refractivity contribution in [3.8, 4) is 5.75 Å². The van der Waals surface area contributed by atoms with E-state index in [1.807, 2.05) is 49.4 Å². The molecule has 1 aliphatic rings. The third kappa shape index (κ3) is 4.53. The monoisotopic (exact) mass is 360 g/mol. The molecule has 2 aromatic carbocycles. The molecule has 0 bridgehead atoms. The molecule has 0 fully saturated rings. The first-order chi connectivity index (χ1) is 11.7. The first-order valence-electron chi connectivity index (χ1n) is 8.50. The van der Waals surface area contributed by atoms with E-state index in [9.17, 15) is 4.79 Å². The van der Waals surface area contributed by atoms with Gasteiger partial charge in [-0.3, -0.25) is 4.79 Å². The predicted octanol–water partition coefficient (Wildman–Crippen LogP) is 3.23. The fourth-order valence-electron chi connectivity index (χ4n) is 2.96. The van der Waals surface area contributed by atoms with Crippen molar-refractivity contribution in [2.24, 2.45) is 11.7 Å². The summed E-state index contributed by atoms with van der Waals surface area (Å²) in [5.41, 5.74) is 8.98. The summed E-state index contributed by atoms with van der Waals surface area (Å²) in [5.74, 6) is 0.718. The van der Waals surface area contributed by atoms with Crippen LogP contribution < -0.4 is 15.8 Å². The van der Waals surface area contributed by atoms with Crippen molar-refractivity contribution in [1.29, 1.82) is 0 Å². The van der Waals surface area contributed by atoms with Crippen molar-refractivity contribution in [2.45, 2.75) is 25.8 Å². The topological polar surface area (TPSA) is 64.4 Å². The second-order valence-electron chi connectivity index (χ2n) is 6.31. The van der Waals surface area contributed by atoms with E-state index < -0.39 is 0 Å². The number of hydrogen-bond acceptors (Lipinski definition) is 3. The number of fused-ring (bicyclic) bond motifs is 1. The van der Waals surface area contributed by atoms with Crippen LogP contribution in [0.2, 0.25) is 0 Å². The molecule has 2 atom stereocenters. The van der Waals surface area contributed by atoms with Crippen molar-refractivity contribution in [1.82, 2.24) is 5.32 Å². The summed E-state index contributed by atoms with van der Waals surface area (Å²) in [6, 6.07) is 16.0. The van der Waals surface area contributed by atoms with E-state index in [-0.39, 0.29) is 30.3 Å². The summed E-state index contributed by atoms with van der Waals surface area (Å²) in [4.78, 5) is 12.4. The molecule has 4 nitrogen and oxygen atoms in total. The average Bonchev–Trinajstić information content (AvgIpc) is 2.65. The number of nitrogens with two attached hydrogens (primary N) is 1. The molecule has 0 radical (unpaired) electrons. The second-order valence-corrected chi connectivity index (χ2v) is 6.31. The van der Waals surface area contributed by atoms with Gasteiger partial charge in [-0.25, -0.2) is 0 Å². The van der Waals surface area contributed by atoms with Crippen LogP contribution in [0.1, 0.15) is 36.1 Å². The Morgan fingerprint density at radius 1 is 1.20 bits per heavy atom. The minimum absolute atomic E-state index is 0. The Labute approximate surface area is 155 Å². The van der Waals surface area contributed by atoms with Crippen LogP contribution in [-0.4, -0.2) is 19.1 Å². The molecule has 0 aromatic heterocycles. The number of halogens is 1. The first kappa shape index (κ1) is 19.3. The van der Waals surface area contributed by atoms with E-state index in [4.69, 9.17) is 10.5 Å². The maximum Gasteiger partial charge on any atom is 0.224 e. The summed E-state index contributed by atoms with van der Waals surface area (Å²) < 4.78 is 5.70. The largest absolute Gasteiger partial charge is 0.493 e. The highest BCUT2D eigenvalue weighted by Gasteiger charge is 2.21. The first-order valence-corrected chi connectivity index (χ1v) is 8.50. The zero-order valence-corrected chi connectivity index (χ0v) is 15.2. The molecule has 0 spiro atoms. The van der Waals surface area contributed by atoms with E-state index in [1.165, 1.54) is 5.56 Å². The molecule has 25 heavy (non-hydrogen) atoms. The lowest BCUT2D eigenvalue weighted by Crippen LogP contribution is -2.36. The molecule has 1 amide bonds. The van der Waals surface area contributed by atoms with Crippen LogP contribution in [0.25, 0.3) is 0 Å². The SMILES string of the molecule is CC(CN)C(=O)NC(c1ccccc1)c1ccc2c(c1)CCCO2.Cl. The molecule has 1 heterocycles. The number of carbonyl (C=O) groups is 1. The molecule has 3 rings (SSSR count). The van der Waals surface area contributed by atoms with Gasteiger partial charge in [-0.1, -0.05) is 43.3 Å². The Morgan fingerprint density at radius 2 is 1.96 bits per heavy atom. The van der Waals surface area contributed by atoms with E-state index in [2.05, 4.69) is 11.4 Å². The number of amides is 1. The second kappa shape index (κ2) is 8.88. The van der Waals surface area contributed by atoms with E-state index in [1.54, 1.807) is 0 Å². The van der Waals surface area contributed by atoms with Crippen LogP contribution in [0.5, 0.6) is 5.75 Å². The fraction of sp³-hybridized carbons (Fsp3) is 0.350. The smallest absolute Gasteiger partial charge is 0.224 e. The van der Waals surface area contributed by atoms with Gasteiger partial charge >= 0.3 is 0 Å². The van der Waals surface area contributed by atoms with E-state index in [0.29, 0.717) is 6.54 Å².